The first-order valence-corrected chi connectivity index (χ1v) is 9.70. The van der Waals surface area contributed by atoms with Crippen LogP contribution < -0.4 is 0 Å². The summed E-state index contributed by atoms with van der Waals surface area (Å²) >= 11 is 0. The van der Waals surface area contributed by atoms with Gasteiger partial charge >= 0.3 is 11.9 Å². The minimum absolute atomic E-state index is 0.164. The van der Waals surface area contributed by atoms with E-state index in [4.69, 9.17) is 4.74 Å². The van der Waals surface area contributed by atoms with Crippen LogP contribution in [-0.4, -0.2) is 23.7 Å². The zero-order valence-electron chi connectivity index (χ0n) is 14.2. The molecule has 8 bridgehead atoms. The van der Waals surface area contributed by atoms with Gasteiger partial charge in [0, 0.05) is 5.57 Å². The smallest absolute Gasteiger partial charge is 0.334 e. The summed E-state index contributed by atoms with van der Waals surface area (Å²) in [6.07, 6.45) is 6.30. The van der Waals surface area contributed by atoms with Crippen LogP contribution in [0.15, 0.2) is 11.1 Å². The van der Waals surface area contributed by atoms with Gasteiger partial charge in [-0.15, -0.1) is 0 Å². The van der Waals surface area contributed by atoms with Gasteiger partial charge in [0.2, 0.25) is 0 Å². The second-order valence-electron chi connectivity index (χ2n) is 8.81. The Balaban J connectivity index is 1.60. The number of allylic oxidation sites excluding steroid dienone is 1. The fourth-order valence-electron chi connectivity index (χ4n) is 7.79. The molecule has 1 N–H and O–H groups in total. The van der Waals surface area contributed by atoms with E-state index in [1.165, 1.54) is 37.7 Å². The molecule has 4 nitrogen and oxygen atoms in total. The Labute approximate surface area is 142 Å². The van der Waals surface area contributed by atoms with Crippen molar-refractivity contribution in [2.75, 3.05) is 6.61 Å². The molecule has 0 amide bonds. The molecule has 0 saturated heterocycles. The molecule has 7 rings (SSSR count). The van der Waals surface area contributed by atoms with Crippen molar-refractivity contribution in [1.82, 2.24) is 0 Å². The third kappa shape index (κ3) is 1.86. The van der Waals surface area contributed by atoms with Gasteiger partial charge in [0.15, 0.2) is 0 Å². The summed E-state index contributed by atoms with van der Waals surface area (Å²) in [5, 5.41) is 9.37. The third-order valence-electron chi connectivity index (χ3n) is 8.05. The van der Waals surface area contributed by atoms with Crippen LogP contribution in [-0.2, 0) is 14.3 Å². The summed E-state index contributed by atoms with van der Waals surface area (Å²) in [5.74, 6) is 4.62. The maximum absolute atomic E-state index is 12.6. The summed E-state index contributed by atoms with van der Waals surface area (Å²) in [4.78, 5) is 24.0. The molecule has 0 aliphatic heterocycles. The van der Waals surface area contributed by atoms with Crippen molar-refractivity contribution in [3.05, 3.63) is 11.1 Å². The lowest BCUT2D eigenvalue weighted by Gasteiger charge is -2.70. The van der Waals surface area contributed by atoms with Crippen molar-refractivity contribution >= 4 is 11.9 Å². The zero-order chi connectivity index (χ0) is 16.6. The Morgan fingerprint density at radius 1 is 1.00 bits per heavy atom. The predicted molar refractivity (Wildman–Crippen MR) is 86.9 cm³/mol. The molecule has 0 aromatic rings. The number of carbonyl (C=O) groups excluding carboxylic acids is 1. The summed E-state index contributed by atoms with van der Waals surface area (Å²) in [6.45, 7) is 2.10. The van der Waals surface area contributed by atoms with Crippen LogP contribution in [0.3, 0.4) is 0 Å². The normalized spacial score (nSPS) is 48.7. The largest absolute Gasteiger partial charge is 0.481 e. The van der Waals surface area contributed by atoms with Crippen LogP contribution in [0.1, 0.15) is 45.4 Å². The molecular formula is C20H26O4. The molecule has 0 spiro atoms. The highest BCUT2D eigenvalue weighted by atomic mass is 16.5. The number of hydrogen-bond acceptors (Lipinski definition) is 3. The highest BCUT2D eigenvalue weighted by Crippen LogP contribution is 2.72. The number of aliphatic carboxylic acids is 1. The van der Waals surface area contributed by atoms with Crippen molar-refractivity contribution < 1.29 is 19.4 Å². The van der Waals surface area contributed by atoms with Crippen LogP contribution in [0, 0.1) is 47.3 Å². The number of carboxylic acid groups (broad SMARTS) is 1. The van der Waals surface area contributed by atoms with Gasteiger partial charge in [0.05, 0.1) is 13.0 Å². The van der Waals surface area contributed by atoms with E-state index in [2.05, 4.69) is 0 Å². The van der Waals surface area contributed by atoms with Gasteiger partial charge in [-0.2, -0.15) is 0 Å². The van der Waals surface area contributed by atoms with Gasteiger partial charge in [-0.25, -0.2) is 4.79 Å². The molecule has 0 aromatic heterocycles. The molecule has 0 radical (unpaired) electrons. The van der Waals surface area contributed by atoms with Gasteiger partial charge in [-0.1, -0.05) is 5.57 Å². The Bertz CT molecular complexity index is 612. The van der Waals surface area contributed by atoms with Crippen LogP contribution in [0.5, 0.6) is 0 Å². The van der Waals surface area contributed by atoms with Gasteiger partial charge in [-0.3, -0.25) is 4.79 Å². The first-order chi connectivity index (χ1) is 11.6. The van der Waals surface area contributed by atoms with E-state index in [0.29, 0.717) is 35.9 Å². The van der Waals surface area contributed by atoms with E-state index >= 15 is 0 Å². The lowest BCUT2D eigenvalue weighted by atomic mass is 9.34. The SMILES string of the molecule is CCOC(=O)/C(CC(=O)O)=C1\C2CC3C4CC5CC3C1C(C5)C4C2. The molecule has 7 saturated carbocycles. The first-order valence-electron chi connectivity index (χ1n) is 9.70. The minimum Gasteiger partial charge on any atom is -0.481 e. The molecule has 4 atom stereocenters. The van der Waals surface area contributed by atoms with Gasteiger partial charge in [0.1, 0.15) is 0 Å². The summed E-state index contributed by atoms with van der Waals surface area (Å²) in [6, 6.07) is 0. The number of rotatable bonds is 4. The van der Waals surface area contributed by atoms with Gasteiger partial charge < -0.3 is 9.84 Å². The average Bonchev–Trinajstić information content (AvgIpc) is 2.56. The summed E-state index contributed by atoms with van der Waals surface area (Å²) in [7, 11) is 0. The summed E-state index contributed by atoms with van der Waals surface area (Å²) < 4.78 is 5.25. The molecule has 4 unspecified atom stereocenters. The first kappa shape index (κ1) is 15.0. The van der Waals surface area contributed by atoms with Crippen LogP contribution in [0.2, 0.25) is 0 Å². The van der Waals surface area contributed by atoms with Crippen LogP contribution in [0.25, 0.3) is 0 Å². The fraction of sp³-hybridized carbons (Fsp3) is 0.800. The standard InChI is InChI=1S/C20H26O4/c1-2-24-20(23)16(8-17(21)22)18-10-6-12-11-3-9-4-14(12)19(18)15(5-9)13(11)7-10/h9-15,19H,2-8H2,1H3,(H,21,22)/b18-16+. The summed E-state index contributed by atoms with van der Waals surface area (Å²) in [5.41, 5.74) is 1.72. The van der Waals surface area contributed by atoms with Gasteiger partial charge in [0.25, 0.3) is 0 Å². The van der Waals surface area contributed by atoms with Crippen molar-refractivity contribution in [3.63, 3.8) is 0 Å². The second-order valence-corrected chi connectivity index (χ2v) is 8.81. The highest BCUT2D eigenvalue weighted by Gasteiger charge is 2.65. The average molecular weight is 330 g/mol. The number of hydrogen-bond donors (Lipinski definition) is 1. The van der Waals surface area contributed by atoms with Crippen molar-refractivity contribution in [1.29, 1.82) is 0 Å². The predicted octanol–water partition coefficient (Wildman–Crippen LogP) is 3.27. The van der Waals surface area contributed by atoms with Crippen molar-refractivity contribution in [3.8, 4) is 0 Å². The maximum atomic E-state index is 12.6. The van der Waals surface area contributed by atoms with E-state index in [-0.39, 0.29) is 12.4 Å². The van der Waals surface area contributed by atoms with Crippen molar-refractivity contribution in [2.45, 2.75) is 45.4 Å². The molecule has 7 aliphatic rings. The third-order valence-corrected chi connectivity index (χ3v) is 8.05. The second kappa shape index (κ2) is 5.09. The Morgan fingerprint density at radius 3 is 2.17 bits per heavy atom. The molecule has 0 aromatic carbocycles. The molecule has 7 aliphatic carbocycles. The lowest BCUT2D eigenvalue weighted by molar-refractivity contribution is -0.178. The van der Waals surface area contributed by atoms with E-state index in [9.17, 15) is 14.7 Å². The van der Waals surface area contributed by atoms with E-state index < -0.39 is 5.97 Å². The molecule has 0 heterocycles. The Hall–Kier alpha value is -1.32. The number of esters is 1. The number of ether oxygens (including phenoxy) is 1. The molecule has 4 heteroatoms. The molecule has 24 heavy (non-hydrogen) atoms. The maximum Gasteiger partial charge on any atom is 0.334 e. The highest BCUT2D eigenvalue weighted by molar-refractivity contribution is 5.94. The van der Waals surface area contributed by atoms with E-state index in [0.717, 1.165) is 23.7 Å². The number of carboxylic acids is 1. The molecule has 130 valence electrons. The van der Waals surface area contributed by atoms with Crippen molar-refractivity contribution in [2.24, 2.45) is 47.3 Å². The van der Waals surface area contributed by atoms with E-state index in [1.54, 1.807) is 6.92 Å². The van der Waals surface area contributed by atoms with Crippen LogP contribution in [0.4, 0.5) is 0 Å². The topological polar surface area (TPSA) is 63.6 Å². The Morgan fingerprint density at radius 2 is 1.58 bits per heavy atom. The number of carbonyl (C=O) groups is 2. The monoisotopic (exact) mass is 330 g/mol. The minimum atomic E-state index is -0.910. The van der Waals surface area contributed by atoms with E-state index in [1.807, 2.05) is 0 Å². The molecular weight excluding hydrogens is 304 g/mol. The lowest BCUT2D eigenvalue weighted by Crippen LogP contribution is -2.63. The molecule has 7 fully saturated rings. The quantitative estimate of drug-likeness (QED) is 0.635. The van der Waals surface area contributed by atoms with Crippen LogP contribution >= 0.6 is 0 Å². The van der Waals surface area contributed by atoms with Gasteiger partial charge in [-0.05, 0) is 86.4 Å². The zero-order valence-corrected chi connectivity index (χ0v) is 14.2. The fourth-order valence-corrected chi connectivity index (χ4v) is 7.79. The Kier molecular flexibility index (Phi) is 3.18.